The number of carbonyl (C=O) groups is 1. The molecule has 0 aromatic carbocycles. The molecule has 1 aliphatic carbocycles. The minimum atomic E-state index is 0. The monoisotopic (exact) mass is 183 g/mol. The Kier molecular flexibility index (Phi) is 3.76. The predicted molar refractivity (Wildman–Crippen MR) is 54.6 cm³/mol. The highest BCUT2D eigenvalue weighted by Crippen LogP contribution is 2.25. The maximum absolute atomic E-state index is 11.4. The van der Waals surface area contributed by atoms with Crippen molar-refractivity contribution in [3.63, 3.8) is 0 Å². The van der Waals surface area contributed by atoms with Crippen LogP contribution in [0.3, 0.4) is 0 Å². The fourth-order valence-corrected chi connectivity index (χ4v) is 2.45. The molecule has 0 spiro atoms. The van der Waals surface area contributed by atoms with Gasteiger partial charge in [-0.3, -0.25) is 4.79 Å². The highest BCUT2D eigenvalue weighted by Gasteiger charge is 2.28. The van der Waals surface area contributed by atoms with Crippen molar-refractivity contribution in [2.24, 2.45) is 0 Å². The second-order valence-electron chi connectivity index (χ2n) is 3.98. The first-order valence-corrected chi connectivity index (χ1v) is 5.17. The summed E-state index contributed by atoms with van der Waals surface area (Å²) in [6.45, 7) is 1.03. The molecule has 0 atom stereocenters. The van der Waals surface area contributed by atoms with Gasteiger partial charge in [0.15, 0.2) is 0 Å². The lowest BCUT2D eigenvalue weighted by Crippen LogP contribution is -2.37. The van der Waals surface area contributed by atoms with Gasteiger partial charge >= 0.3 is 0 Å². The van der Waals surface area contributed by atoms with Crippen LogP contribution in [0.5, 0.6) is 0 Å². The smallest absolute Gasteiger partial charge is 0.222 e. The summed E-state index contributed by atoms with van der Waals surface area (Å²) in [6.07, 6.45) is 8.44. The van der Waals surface area contributed by atoms with Crippen molar-refractivity contribution in [1.82, 2.24) is 4.90 Å². The Bertz CT molecular complexity index is 173. The molecule has 1 aliphatic heterocycles. The summed E-state index contributed by atoms with van der Waals surface area (Å²) in [4.78, 5) is 13.5. The van der Waals surface area contributed by atoms with Gasteiger partial charge in [0, 0.05) is 19.0 Å². The summed E-state index contributed by atoms with van der Waals surface area (Å²) in [5.74, 6) is 0.405. The summed E-state index contributed by atoms with van der Waals surface area (Å²) in [5, 5.41) is 0. The molecule has 1 saturated carbocycles. The summed E-state index contributed by atoms with van der Waals surface area (Å²) >= 11 is 0. The molecule has 13 heavy (non-hydrogen) atoms. The second kappa shape index (κ2) is 4.64. The first-order chi connectivity index (χ1) is 5.88. The summed E-state index contributed by atoms with van der Waals surface area (Å²) < 4.78 is 0. The van der Waals surface area contributed by atoms with Crippen molar-refractivity contribution in [3.8, 4) is 0 Å². The molecule has 0 unspecified atom stereocenters. The van der Waals surface area contributed by atoms with E-state index >= 15 is 0 Å². The van der Waals surface area contributed by atoms with Crippen LogP contribution in [-0.2, 0) is 4.79 Å². The van der Waals surface area contributed by atoms with E-state index in [0.29, 0.717) is 11.9 Å². The van der Waals surface area contributed by atoms with Gasteiger partial charge in [0.2, 0.25) is 5.91 Å². The number of hydrogen-bond acceptors (Lipinski definition) is 1. The number of hydrogen-bond donors (Lipinski definition) is 0. The Labute approximate surface area is 81.3 Å². The number of nitrogens with zero attached hydrogens (tertiary/aromatic N) is 1. The lowest BCUT2D eigenvalue weighted by atomic mass is 9.94. The van der Waals surface area contributed by atoms with Crippen molar-refractivity contribution >= 4 is 5.91 Å². The zero-order valence-corrected chi connectivity index (χ0v) is 7.59. The van der Waals surface area contributed by atoms with E-state index in [9.17, 15) is 4.79 Å². The van der Waals surface area contributed by atoms with Crippen molar-refractivity contribution < 1.29 is 4.79 Å². The molecular weight excluding hydrogens is 162 g/mol. The molecule has 1 heterocycles. The van der Waals surface area contributed by atoms with Crippen molar-refractivity contribution in [2.75, 3.05) is 6.54 Å². The molecule has 76 valence electrons. The van der Waals surface area contributed by atoms with Crippen LogP contribution in [0.4, 0.5) is 0 Å². The topological polar surface area (TPSA) is 20.3 Å². The van der Waals surface area contributed by atoms with Crippen LogP contribution < -0.4 is 0 Å². The van der Waals surface area contributed by atoms with Gasteiger partial charge in [0.25, 0.3) is 0 Å². The molecule has 1 amide bonds. The lowest BCUT2D eigenvalue weighted by molar-refractivity contribution is -0.130. The standard InChI is InChI=1S/C10H17NO.CH4/c12-10-7-4-8-11(10)9-5-2-1-3-6-9;/h9H,1-8H2;1H4. The molecule has 0 aromatic heterocycles. The first-order valence-electron chi connectivity index (χ1n) is 5.17. The molecule has 1 saturated heterocycles. The number of amides is 1. The zero-order valence-electron chi connectivity index (χ0n) is 7.59. The van der Waals surface area contributed by atoms with Crippen LogP contribution >= 0.6 is 0 Å². The number of likely N-dealkylation sites (tertiary alicyclic amines) is 1. The SMILES string of the molecule is C.O=C1CCCN1C1CCCCC1. The molecule has 0 radical (unpaired) electrons. The highest BCUT2D eigenvalue weighted by atomic mass is 16.2. The number of carbonyl (C=O) groups excluding carboxylic acids is 1. The normalized spacial score (nSPS) is 24.6. The zero-order chi connectivity index (χ0) is 8.39. The molecule has 2 fully saturated rings. The van der Waals surface area contributed by atoms with Crippen LogP contribution in [0, 0.1) is 0 Å². The Morgan fingerprint density at radius 3 is 2.31 bits per heavy atom. The van der Waals surface area contributed by atoms with E-state index in [1.54, 1.807) is 0 Å². The van der Waals surface area contributed by atoms with Crippen LogP contribution in [0.1, 0.15) is 52.4 Å². The number of rotatable bonds is 1. The minimum Gasteiger partial charge on any atom is -0.340 e. The third-order valence-electron chi connectivity index (χ3n) is 3.13. The Morgan fingerprint density at radius 1 is 1.08 bits per heavy atom. The van der Waals surface area contributed by atoms with Crippen LogP contribution in [0.15, 0.2) is 0 Å². The second-order valence-corrected chi connectivity index (χ2v) is 3.98. The fraction of sp³-hybridized carbons (Fsp3) is 0.909. The van der Waals surface area contributed by atoms with E-state index in [0.717, 1.165) is 19.4 Å². The van der Waals surface area contributed by atoms with Gasteiger partial charge < -0.3 is 4.90 Å². The van der Waals surface area contributed by atoms with E-state index in [1.165, 1.54) is 32.1 Å². The lowest BCUT2D eigenvalue weighted by Gasteiger charge is -2.30. The molecule has 2 heteroatoms. The highest BCUT2D eigenvalue weighted by molar-refractivity contribution is 5.78. The molecule has 2 aliphatic rings. The molecule has 0 bridgehead atoms. The Hall–Kier alpha value is -0.530. The first kappa shape index (κ1) is 10.6. The molecule has 2 nitrogen and oxygen atoms in total. The summed E-state index contributed by atoms with van der Waals surface area (Å²) in [6, 6.07) is 0.605. The third-order valence-corrected chi connectivity index (χ3v) is 3.13. The quantitative estimate of drug-likeness (QED) is 0.612. The van der Waals surface area contributed by atoms with E-state index in [-0.39, 0.29) is 7.43 Å². The molecular formula is C11H21NO. The van der Waals surface area contributed by atoms with Gasteiger partial charge in [-0.2, -0.15) is 0 Å². The van der Waals surface area contributed by atoms with Crippen LogP contribution in [-0.4, -0.2) is 23.4 Å². The van der Waals surface area contributed by atoms with E-state index in [2.05, 4.69) is 4.90 Å². The average Bonchev–Trinajstić information content (AvgIpc) is 2.53. The largest absolute Gasteiger partial charge is 0.340 e. The van der Waals surface area contributed by atoms with Crippen molar-refractivity contribution in [3.05, 3.63) is 0 Å². The van der Waals surface area contributed by atoms with Gasteiger partial charge in [-0.05, 0) is 19.3 Å². The molecule has 0 N–H and O–H groups in total. The van der Waals surface area contributed by atoms with Gasteiger partial charge in [0.05, 0.1) is 0 Å². The third kappa shape index (κ3) is 2.23. The Morgan fingerprint density at radius 2 is 1.77 bits per heavy atom. The Balaban J connectivity index is 0.000000845. The van der Waals surface area contributed by atoms with Crippen molar-refractivity contribution in [2.45, 2.75) is 58.4 Å². The maximum atomic E-state index is 11.4. The predicted octanol–water partition coefficient (Wildman–Crippen LogP) is 2.58. The van der Waals surface area contributed by atoms with Gasteiger partial charge in [0.1, 0.15) is 0 Å². The van der Waals surface area contributed by atoms with E-state index < -0.39 is 0 Å². The van der Waals surface area contributed by atoms with Gasteiger partial charge in [-0.25, -0.2) is 0 Å². The van der Waals surface area contributed by atoms with Gasteiger partial charge in [-0.15, -0.1) is 0 Å². The summed E-state index contributed by atoms with van der Waals surface area (Å²) in [7, 11) is 0. The van der Waals surface area contributed by atoms with Crippen LogP contribution in [0.25, 0.3) is 0 Å². The summed E-state index contributed by atoms with van der Waals surface area (Å²) in [5.41, 5.74) is 0. The van der Waals surface area contributed by atoms with Crippen LogP contribution in [0.2, 0.25) is 0 Å². The molecule has 0 aromatic rings. The maximum Gasteiger partial charge on any atom is 0.222 e. The van der Waals surface area contributed by atoms with E-state index in [1.807, 2.05) is 0 Å². The van der Waals surface area contributed by atoms with E-state index in [4.69, 9.17) is 0 Å². The average molecular weight is 183 g/mol. The molecule has 2 rings (SSSR count). The van der Waals surface area contributed by atoms with Crippen molar-refractivity contribution in [1.29, 1.82) is 0 Å². The fourth-order valence-electron chi connectivity index (χ4n) is 2.45. The van der Waals surface area contributed by atoms with Gasteiger partial charge in [-0.1, -0.05) is 26.7 Å². The minimum absolute atomic E-state index is 0.